The minimum absolute atomic E-state index is 0.0580. The number of hydrogen-bond acceptors (Lipinski definition) is 4. The first kappa shape index (κ1) is 14.6. The average molecular weight is 323 g/mol. The van der Waals surface area contributed by atoms with Crippen LogP contribution in [0.5, 0.6) is 5.75 Å². The number of carbonyl (C=O) groups excluding carboxylic acids is 2. The molecule has 7 heteroatoms. The molecule has 0 heterocycles. The van der Waals surface area contributed by atoms with E-state index in [9.17, 15) is 18.4 Å². The second-order valence-electron chi connectivity index (χ2n) is 3.23. The lowest BCUT2D eigenvalue weighted by molar-refractivity contribution is -0.139. The van der Waals surface area contributed by atoms with Crippen LogP contribution in [0.4, 0.5) is 8.78 Å². The fourth-order valence-corrected chi connectivity index (χ4v) is 1.73. The standard InChI is InChI=1S/C11H9BrF2O4/c1-17-10(16)3-6-2-7(5-15)9(4-8(6)12)18-11(13)14/h2,4-5,11H,3H2,1H3. The molecule has 4 nitrogen and oxygen atoms in total. The van der Waals surface area contributed by atoms with Crippen molar-refractivity contribution in [3.05, 3.63) is 27.7 Å². The maximum Gasteiger partial charge on any atom is 0.387 e. The maximum absolute atomic E-state index is 12.1. The molecule has 0 atom stereocenters. The molecule has 0 spiro atoms. The molecular weight excluding hydrogens is 314 g/mol. The van der Waals surface area contributed by atoms with Gasteiger partial charge in [0.05, 0.1) is 19.1 Å². The van der Waals surface area contributed by atoms with Gasteiger partial charge >= 0.3 is 12.6 Å². The molecule has 0 bridgehead atoms. The van der Waals surface area contributed by atoms with Crippen molar-refractivity contribution >= 4 is 28.2 Å². The fourth-order valence-electron chi connectivity index (χ4n) is 1.27. The summed E-state index contributed by atoms with van der Waals surface area (Å²) in [5.74, 6) is -0.754. The van der Waals surface area contributed by atoms with Crippen LogP contribution >= 0.6 is 15.9 Å². The first-order chi connectivity index (χ1) is 8.47. The Kier molecular flexibility index (Phi) is 5.21. The summed E-state index contributed by atoms with van der Waals surface area (Å²) in [4.78, 5) is 21.9. The lowest BCUT2D eigenvalue weighted by Gasteiger charge is -2.10. The van der Waals surface area contributed by atoms with E-state index in [-0.39, 0.29) is 17.7 Å². The molecule has 0 saturated carbocycles. The zero-order valence-electron chi connectivity index (χ0n) is 9.28. The largest absolute Gasteiger partial charge is 0.469 e. The Morgan fingerprint density at radius 1 is 1.50 bits per heavy atom. The summed E-state index contributed by atoms with van der Waals surface area (Å²) in [5, 5.41) is 0. The van der Waals surface area contributed by atoms with Crippen LogP contribution in [0.15, 0.2) is 16.6 Å². The molecule has 0 aliphatic carbocycles. The smallest absolute Gasteiger partial charge is 0.387 e. The summed E-state index contributed by atoms with van der Waals surface area (Å²) in [6.07, 6.45) is 0.303. The SMILES string of the molecule is COC(=O)Cc1cc(C=O)c(OC(F)F)cc1Br. The maximum atomic E-state index is 12.1. The summed E-state index contributed by atoms with van der Waals surface area (Å²) in [7, 11) is 1.23. The first-order valence-electron chi connectivity index (χ1n) is 4.77. The van der Waals surface area contributed by atoms with E-state index in [0.717, 1.165) is 0 Å². The molecule has 0 saturated heterocycles. The van der Waals surface area contributed by atoms with Crippen LogP contribution in [0.2, 0.25) is 0 Å². The van der Waals surface area contributed by atoms with Gasteiger partial charge in [0, 0.05) is 4.47 Å². The van der Waals surface area contributed by atoms with Crippen molar-refractivity contribution in [2.75, 3.05) is 7.11 Å². The van der Waals surface area contributed by atoms with Gasteiger partial charge in [0.15, 0.2) is 6.29 Å². The van der Waals surface area contributed by atoms with Gasteiger partial charge in [0.1, 0.15) is 5.75 Å². The Labute approximate surface area is 110 Å². The lowest BCUT2D eigenvalue weighted by Crippen LogP contribution is -2.08. The van der Waals surface area contributed by atoms with Gasteiger partial charge < -0.3 is 9.47 Å². The van der Waals surface area contributed by atoms with E-state index < -0.39 is 12.6 Å². The summed E-state index contributed by atoms with van der Waals surface area (Å²) >= 11 is 3.11. The third-order valence-corrected chi connectivity index (χ3v) is 2.82. The third kappa shape index (κ3) is 3.76. The number of benzene rings is 1. The fraction of sp³-hybridized carbons (Fsp3) is 0.273. The molecule has 1 aromatic rings. The number of methoxy groups -OCH3 is 1. The van der Waals surface area contributed by atoms with Gasteiger partial charge in [-0.25, -0.2) is 0 Å². The van der Waals surface area contributed by atoms with Crippen molar-refractivity contribution in [2.45, 2.75) is 13.0 Å². The number of alkyl halides is 2. The van der Waals surface area contributed by atoms with Gasteiger partial charge in [0.2, 0.25) is 0 Å². The van der Waals surface area contributed by atoms with Crippen molar-refractivity contribution in [1.82, 2.24) is 0 Å². The molecule has 0 aliphatic heterocycles. The Bertz CT molecular complexity index is 463. The topological polar surface area (TPSA) is 52.6 Å². The second kappa shape index (κ2) is 6.44. The molecule has 0 unspecified atom stereocenters. The van der Waals surface area contributed by atoms with E-state index in [4.69, 9.17) is 0 Å². The highest BCUT2D eigenvalue weighted by Gasteiger charge is 2.15. The van der Waals surface area contributed by atoms with Gasteiger partial charge in [-0.3, -0.25) is 9.59 Å². The Hall–Kier alpha value is -1.50. The monoisotopic (exact) mass is 322 g/mol. The highest BCUT2D eigenvalue weighted by atomic mass is 79.9. The van der Waals surface area contributed by atoms with E-state index >= 15 is 0 Å². The molecule has 0 amide bonds. The minimum Gasteiger partial charge on any atom is -0.469 e. The van der Waals surface area contributed by atoms with E-state index in [0.29, 0.717) is 16.3 Å². The van der Waals surface area contributed by atoms with Crippen LogP contribution in [0.25, 0.3) is 0 Å². The Balaban J connectivity index is 3.09. The predicted octanol–water partition coefficient (Wildman–Crippen LogP) is 2.58. The van der Waals surface area contributed by atoms with Crippen LogP contribution in [0, 0.1) is 0 Å². The number of ether oxygens (including phenoxy) is 2. The number of carbonyl (C=O) groups is 2. The molecule has 18 heavy (non-hydrogen) atoms. The van der Waals surface area contributed by atoms with Gasteiger partial charge in [-0.15, -0.1) is 0 Å². The average Bonchev–Trinajstić information content (AvgIpc) is 2.31. The van der Waals surface area contributed by atoms with Crippen LogP contribution in [-0.2, 0) is 16.0 Å². The van der Waals surface area contributed by atoms with E-state index in [2.05, 4.69) is 25.4 Å². The van der Waals surface area contributed by atoms with E-state index in [1.165, 1.54) is 19.2 Å². The molecular formula is C11H9BrF2O4. The molecule has 0 fully saturated rings. The van der Waals surface area contributed by atoms with Gasteiger partial charge in [-0.1, -0.05) is 15.9 Å². The highest BCUT2D eigenvalue weighted by molar-refractivity contribution is 9.10. The summed E-state index contributed by atoms with van der Waals surface area (Å²) in [6, 6.07) is 2.51. The number of halogens is 3. The molecule has 1 rings (SSSR count). The second-order valence-corrected chi connectivity index (χ2v) is 4.09. The van der Waals surface area contributed by atoms with E-state index in [1.807, 2.05) is 0 Å². The van der Waals surface area contributed by atoms with Crippen LogP contribution < -0.4 is 4.74 Å². The quantitative estimate of drug-likeness (QED) is 0.617. The summed E-state index contributed by atoms with van der Waals surface area (Å²) in [5.41, 5.74) is 0.392. The predicted molar refractivity (Wildman–Crippen MR) is 61.9 cm³/mol. The van der Waals surface area contributed by atoms with Crippen molar-refractivity contribution in [3.8, 4) is 5.75 Å². The highest BCUT2D eigenvalue weighted by Crippen LogP contribution is 2.28. The van der Waals surface area contributed by atoms with Crippen LogP contribution in [-0.4, -0.2) is 26.0 Å². The molecule has 1 aromatic carbocycles. The first-order valence-corrected chi connectivity index (χ1v) is 5.56. The van der Waals surface area contributed by atoms with Crippen molar-refractivity contribution in [1.29, 1.82) is 0 Å². The van der Waals surface area contributed by atoms with E-state index in [1.54, 1.807) is 0 Å². The number of rotatable bonds is 5. The number of aldehydes is 1. The van der Waals surface area contributed by atoms with Crippen molar-refractivity contribution in [3.63, 3.8) is 0 Å². The molecule has 0 N–H and O–H groups in total. The third-order valence-electron chi connectivity index (χ3n) is 2.08. The van der Waals surface area contributed by atoms with Crippen molar-refractivity contribution < 1.29 is 27.8 Å². The van der Waals surface area contributed by atoms with Gasteiger partial charge in [-0.05, 0) is 17.7 Å². The number of esters is 1. The number of hydrogen-bond donors (Lipinski definition) is 0. The summed E-state index contributed by atoms with van der Waals surface area (Å²) in [6.45, 7) is -3.03. The Morgan fingerprint density at radius 3 is 2.67 bits per heavy atom. The zero-order valence-corrected chi connectivity index (χ0v) is 10.9. The molecule has 98 valence electrons. The molecule has 0 aliphatic rings. The van der Waals surface area contributed by atoms with Crippen LogP contribution in [0.1, 0.15) is 15.9 Å². The normalized spacial score (nSPS) is 10.3. The van der Waals surface area contributed by atoms with Crippen LogP contribution in [0.3, 0.4) is 0 Å². The van der Waals surface area contributed by atoms with Crippen molar-refractivity contribution in [2.24, 2.45) is 0 Å². The lowest BCUT2D eigenvalue weighted by atomic mass is 10.1. The summed E-state index contributed by atoms with van der Waals surface area (Å²) < 4.78 is 33.3. The van der Waals surface area contributed by atoms with Gasteiger partial charge in [-0.2, -0.15) is 8.78 Å². The molecule has 0 aromatic heterocycles. The Morgan fingerprint density at radius 2 is 2.17 bits per heavy atom. The van der Waals surface area contributed by atoms with Gasteiger partial charge in [0.25, 0.3) is 0 Å². The zero-order chi connectivity index (χ0) is 13.7. The minimum atomic E-state index is -3.03. The molecule has 0 radical (unpaired) electrons.